The molecule has 1 fully saturated rings. The van der Waals surface area contributed by atoms with E-state index in [1.165, 1.54) is 6.92 Å². The lowest BCUT2D eigenvalue weighted by Crippen LogP contribution is -2.43. The number of halogens is 1. The fraction of sp³-hybridized carbons (Fsp3) is 0.600. The standard InChI is InChI=1S/C10H14FN2O8P/c1-10(4-20-22(17,18)19)7(15)6(11)8(21-10)13-3-2-5(14)12-9(13)16/h2-3,6-8,15H,4H2,1H3,(H,12,14,16)(H2,17,18,19)/t6-,7+,8+,10+/m0/s1. The van der Waals surface area contributed by atoms with Crippen molar-refractivity contribution >= 4 is 7.82 Å². The summed E-state index contributed by atoms with van der Waals surface area (Å²) in [6.45, 7) is 0.379. The van der Waals surface area contributed by atoms with E-state index in [4.69, 9.17) is 14.5 Å². The minimum atomic E-state index is -4.84. The van der Waals surface area contributed by atoms with Crippen molar-refractivity contribution in [3.8, 4) is 0 Å². The molecule has 10 nitrogen and oxygen atoms in total. The highest BCUT2D eigenvalue weighted by atomic mass is 31.2. The second-order valence-corrected chi connectivity index (χ2v) is 6.23. The van der Waals surface area contributed by atoms with Gasteiger partial charge in [-0.3, -0.25) is 18.9 Å². The van der Waals surface area contributed by atoms with Gasteiger partial charge in [-0.2, -0.15) is 0 Å². The number of ether oxygens (including phenoxy) is 1. The zero-order valence-electron chi connectivity index (χ0n) is 11.2. The monoisotopic (exact) mass is 340 g/mol. The second kappa shape index (κ2) is 5.69. The Balaban J connectivity index is 2.28. The smallest absolute Gasteiger partial charge is 0.387 e. The number of hydrogen-bond donors (Lipinski definition) is 4. The summed E-state index contributed by atoms with van der Waals surface area (Å²) in [5, 5.41) is 9.87. The number of phosphoric ester groups is 1. The highest BCUT2D eigenvalue weighted by Crippen LogP contribution is 2.43. The van der Waals surface area contributed by atoms with Gasteiger partial charge in [0.25, 0.3) is 5.56 Å². The molecule has 124 valence electrons. The number of H-pyrrole nitrogens is 1. The third-order valence-electron chi connectivity index (χ3n) is 3.23. The van der Waals surface area contributed by atoms with Crippen molar-refractivity contribution in [2.75, 3.05) is 6.61 Å². The summed E-state index contributed by atoms with van der Waals surface area (Å²) in [4.78, 5) is 41.8. The van der Waals surface area contributed by atoms with Gasteiger partial charge in [0.05, 0.1) is 6.61 Å². The van der Waals surface area contributed by atoms with Crippen LogP contribution >= 0.6 is 7.82 Å². The van der Waals surface area contributed by atoms with E-state index in [1.807, 2.05) is 4.98 Å². The minimum absolute atomic E-state index is 0.692. The first-order valence-corrected chi connectivity index (χ1v) is 7.58. The van der Waals surface area contributed by atoms with Crippen LogP contribution in [0.2, 0.25) is 0 Å². The number of alkyl halides is 1. The van der Waals surface area contributed by atoms with Crippen molar-refractivity contribution in [2.24, 2.45) is 0 Å². The van der Waals surface area contributed by atoms with Crippen LogP contribution in [0.1, 0.15) is 13.2 Å². The van der Waals surface area contributed by atoms with Gasteiger partial charge in [-0.05, 0) is 6.92 Å². The molecular weight excluding hydrogens is 326 g/mol. The van der Waals surface area contributed by atoms with Crippen LogP contribution in [0.15, 0.2) is 21.9 Å². The van der Waals surface area contributed by atoms with Crippen LogP contribution in [0.3, 0.4) is 0 Å². The van der Waals surface area contributed by atoms with Crippen LogP contribution in [0, 0.1) is 0 Å². The quantitative estimate of drug-likeness (QED) is 0.490. The fourth-order valence-electron chi connectivity index (χ4n) is 2.07. The highest BCUT2D eigenvalue weighted by molar-refractivity contribution is 7.46. The third kappa shape index (κ3) is 3.35. The van der Waals surface area contributed by atoms with Crippen molar-refractivity contribution in [3.05, 3.63) is 33.1 Å². The van der Waals surface area contributed by atoms with E-state index in [-0.39, 0.29) is 0 Å². The summed E-state index contributed by atoms with van der Waals surface area (Å²) in [5.74, 6) is 0. The predicted molar refractivity (Wildman–Crippen MR) is 68.7 cm³/mol. The number of rotatable bonds is 4. The SMILES string of the molecule is C[C@]1(COP(=O)(O)O)O[C@@H](n2ccc(=O)[nH]c2=O)[C@@H](F)[C@H]1O. The summed E-state index contributed by atoms with van der Waals surface area (Å²) >= 11 is 0. The van der Waals surface area contributed by atoms with Gasteiger partial charge in [-0.25, -0.2) is 13.8 Å². The van der Waals surface area contributed by atoms with Gasteiger partial charge in [-0.1, -0.05) is 0 Å². The number of nitrogens with one attached hydrogen (secondary N) is 1. The lowest BCUT2D eigenvalue weighted by molar-refractivity contribution is -0.115. The fourth-order valence-corrected chi connectivity index (χ4v) is 2.50. The molecule has 1 aromatic heterocycles. The molecule has 0 radical (unpaired) electrons. The largest absolute Gasteiger partial charge is 0.469 e. The van der Waals surface area contributed by atoms with Gasteiger partial charge in [0.15, 0.2) is 12.4 Å². The molecule has 0 aliphatic carbocycles. The Bertz CT molecular complexity index is 713. The first kappa shape index (κ1) is 17.0. The maximum atomic E-state index is 14.2. The van der Waals surface area contributed by atoms with Crippen molar-refractivity contribution in [1.82, 2.24) is 9.55 Å². The van der Waals surface area contributed by atoms with E-state index in [0.29, 0.717) is 0 Å². The molecule has 4 N–H and O–H groups in total. The Hall–Kier alpha value is -1.36. The second-order valence-electron chi connectivity index (χ2n) is 4.99. The van der Waals surface area contributed by atoms with E-state index >= 15 is 0 Å². The van der Waals surface area contributed by atoms with E-state index in [0.717, 1.165) is 16.8 Å². The van der Waals surface area contributed by atoms with Crippen LogP contribution in [-0.2, 0) is 13.8 Å². The van der Waals surface area contributed by atoms with E-state index < -0.39 is 49.8 Å². The lowest BCUT2D eigenvalue weighted by Gasteiger charge is -2.26. The van der Waals surface area contributed by atoms with Crippen molar-refractivity contribution in [2.45, 2.75) is 31.0 Å². The first-order valence-electron chi connectivity index (χ1n) is 6.05. The summed E-state index contributed by atoms with van der Waals surface area (Å²) < 4.78 is 35.1. The predicted octanol–water partition coefficient (Wildman–Crippen LogP) is -1.37. The number of aromatic nitrogens is 2. The summed E-state index contributed by atoms with van der Waals surface area (Å²) in [6.07, 6.45) is -4.47. The maximum absolute atomic E-state index is 14.2. The molecule has 12 heteroatoms. The normalized spacial score (nSPS) is 32.3. The molecule has 1 aromatic rings. The Morgan fingerprint density at radius 3 is 2.73 bits per heavy atom. The molecule has 22 heavy (non-hydrogen) atoms. The Morgan fingerprint density at radius 2 is 2.18 bits per heavy atom. The number of aromatic amines is 1. The number of nitrogens with zero attached hydrogens (tertiary/aromatic N) is 1. The van der Waals surface area contributed by atoms with Gasteiger partial charge >= 0.3 is 13.5 Å². The first-order chi connectivity index (χ1) is 10.0. The van der Waals surface area contributed by atoms with E-state index in [9.17, 15) is 23.7 Å². The molecule has 0 aromatic carbocycles. The molecule has 0 amide bonds. The molecule has 1 aliphatic rings. The van der Waals surface area contributed by atoms with Crippen LogP contribution < -0.4 is 11.2 Å². The van der Waals surface area contributed by atoms with Gasteiger partial charge in [0.2, 0.25) is 0 Å². The third-order valence-corrected chi connectivity index (χ3v) is 3.70. The number of aliphatic hydroxyl groups is 1. The number of hydrogen-bond acceptors (Lipinski definition) is 6. The molecule has 0 saturated carbocycles. The summed E-state index contributed by atoms with van der Waals surface area (Å²) in [7, 11) is -4.84. The molecule has 2 heterocycles. The molecule has 2 rings (SSSR count). The van der Waals surface area contributed by atoms with Gasteiger partial charge in [0, 0.05) is 12.3 Å². The molecule has 0 unspecified atom stereocenters. The molecule has 4 atom stereocenters. The average molecular weight is 340 g/mol. The van der Waals surface area contributed by atoms with Crippen molar-refractivity contribution < 1.29 is 33.1 Å². The minimum Gasteiger partial charge on any atom is -0.387 e. The molecule has 0 spiro atoms. The number of aliphatic hydroxyl groups excluding tert-OH is 1. The van der Waals surface area contributed by atoms with Gasteiger partial charge in [-0.15, -0.1) is 0 Å². The van der Waals surface area contributed by atoms with Crippen LogP contribution in [-0.4, -0.2) is 48.9 Å². The lowest BCUT2D eigenvalue weighted by atomic mass is 9.99. The average Bonchev–Trinajstić information content (AvgIpc) is 2.61. The van der Waals surface area contributed by atoms with Crippen molar-refractivity contribution in [3.63, 3.8) is 0 Å². The summed E-state index contributed by atoms with van der Waals surface area (Å²) in [6, 6.07) is 0.964. The Labute approximate surface area is 122 Å². The van der Waals surface area contributed by atoms with Gasteiger partial charge < -0.3 is 19.6 Å². The van der Waals surface area contributed by atoms with Crippen LogP contribution in [0.5, 0.6) is 0 Å². The molecule has 0 bridgehead atoms. The molecule has 1 aliphatic heterocycles. The highest BCUT2D eigenvalue weighted by Gasteiger charge is 2.54. The topological polar surface area (TPSA) is 151 Å². The maximum Gasteiger partial charge on any atom is 0.469 e. The van der Waals surface area contributed by atoms with Crippen LogP contribution in [0.4, 0.5) is 4.39 Å². The Kier molecular flexibility index (Phi) is 4.39. The van der Waals surface area contributed by atoms with Gasteiger partial charge in [0.1, 0.15) is 11.7 Å². The molecular formula is C10H14FN2O8P. The number of phosphoric acid groups is 1. The van der Waals surface area contributed by atoms with Crippen molar-refractivity contribution in [1.29, 1.82) is 0 Å². The van der Waals surface area contributed by atoms with E-state index in [1.54, 1.807) is 0 Å². The zero-order valence-corrected chi connectivity index (χ0v) is 12.1. The molecule has 1 saturated heterocycles. The van der Waals surface area contributed by atoms with E-state index in [2.05, 4.69) is 4.52 Å². The summed E-state index contributed by atoms with van der Waals surface area (Å²) in [5.41, 5.74) is -3.43. The van der Waals surface area contributed by atoms with Crippen LogP contribution in [0.25, 0.3) is 0 Å². The zero-order chi connectivity index (χ0) is 16.7. The Morgan fingerprint density at radius 1 is 1.55 bits per heavy atom.